The number of para-hydroxylation sites is 1. The largest absolute Gasteiger partial charge is 0.302 e. The van der Waals surface area contributed by atoms with Crippen LogP contribution >= 0.6 is 0 Å². The molecule has 1 aliphatic heterocycles. The lowest BCUT2D eigenvalue weighted by molar-refractivity contribution is 0.382. The fourth-order valence-electron chi connectivity index (χ4n) is 1.62. The van der Waals surface area contributed by atoms with E-state index in [1.54, 1.807) is 0 Å². The summed E-state index contributed by atoms with van der Waals surface area (Å²) < 4.78 is 0. The number of hydrazine groups is 1. The fourth-order valence-corrected chi connectivity index (χ4v) is 1.62. The number of rotatable bonds is 1. The molecule has 1 aromatic carbocycles. The number of nitrogens with zero attached hydrogens (tertiary/aromatic N) is 2. The van der Waals surface area contributed by atoms with E-state index >= 15 is 0 Å². The van der Waals surface area contributed by atoms with Crippen molar-refractivity contribution in [3.05, 3.63) is 35.9 Å². The van der Waals surface area contributed by atoms with E-state index < -0.39 is 0 Å². The van der Waals surface area contributed by atoms with E-state index in [9.17, 15) is 0 Å². The zero-order valence-corrected chi connectivity index (χ0v) is 8.07. The lowest BCUT2D eigenvalue weighted by atomic mass is 10.1. The van der Waals surface area contributed by atoms with Crippen LogP contribution in [-0.4, -0.2) is 25.6 Å². The van der Waals surface area contributed by atoms with Crippen molar-refractivity contribution >= 4 is 11.8 Å². The quantitative estimate of drug-likeness (QED) is 0.642. The van der Waals surface area contributed by atoms with E-state index in [2.05, 4.69) is 60.5 Å². The predicted molar refractivity (Wildman–Crippen MR) is 56.5 cm³/mol. The Morgan fingerprint density at radius 1 is 1.23 bits per heavy atom. The van der Waals surface area contributed by atoms with Crippen LogP contribution in [0.2, 0.25) is 0 Å². The van der Waals surface area contributed by atoms with Crippen molar-refractivity contribution in [2.24, 2.45) is 0 Å². The summed E-state index contributed by atoms with van der Waals surface area (Å²) in [7, 11) is 4.13. The molecule has 2 rings (SSSR count). The van der Waals surface area contributed by atoms with Gasteiger partial charge in [0.2, 0.25) is 0 Å². The molecule has 0 atom stereocenters. The summed E-state index contributed by atoms with van der Waals surface area (Å²) in [4.78, 5) is 0. The highest BCUT2D eigenvalue weighted by Crippen LogP contribution is 2.25. The summed E-state index contributed by atoms with van der Waals surface area (Å²) in [5.74, 6) is 0. The van der Waals surface area contributed by atoms with Crippen molar-refractivity contribution < 1.29 is 0 Å². The normalized spacial score (nSPS) is 14.8. The molecule has 1 aliphatic rings. The minimum absolute atomic E-state index is 0.962. The molecule has 0 N–H and O–H groups in total. The minimum Gasteiger partial charge on any atom is -0.302 e. The molecular formula is C11H14N2. The van der Waals surface area contributed by atoms with Crippen LogP contribution in [0.25, 0.3) is 6.08 Å². The van der Waals surface area contributed by atoms with Gasteiger partial charge < -0.3 is 5.01 Å². The van der Waals surface area contributed by atoms with E-state index in [-0.39, 0.29) is 0 Å². The van der Waals surface area contributed by atoms with Crippen LogP contribution in [0.15, 0.2) is 30.3 Å². The van der Waals surface area contributed by atoms with E-state index in [0.717, 1.165) is 6.54 Å². The smallest absolute Gasteiger partial charge is 0.0597 e. The van der Waals surface area contributed by atoms with Crippen molar-refractivity contribution in [2.45, 2.75) is 0 Å². The van der Waals surface area contributed by atoms with E-state index in [0.29, 0.717) is 0 Å². The first kappa shape index (κ1) is 8.32. The summed E-state index contributed by atoms with van der Waals surface area (Å²) in [6.07, 6.45) is 4.36. The second kappa shape index (κ2) is 3.23. The molecule has 0 saturated carbocycles. The Hall–Kier alpha value is -1.28. The molecule has 13 heavy (non-hydrogen) atoms. The summed E-state index contributed by atoms with van der Waals surface area (Å²) in [5, 5.41) is 4.36. The van der Waals surface area contributed by atoms with Crippen molar-refractivity contribution in [2.75, 3.05) is 25.6 Å². The first-order valence-corrected chi connectivity index (χ1v) is 4.49. The van der Waals surface area contributed by atoms with Crippen LogP contribution < -0.4 is 5.01 Å². The highest BCUT2D eigenvalue weighted by Gasteiger charge is 2.13. The van der Waals surface area contributed by atoms with Crippen molar-refractivity contribution in [1.29, 1.82) is 0 Å². The van der Waals surface area contributed by atoms with Crippen LogP contribution in [0.3, 0.4) is 0 Å². The van der Waals surface area contributed by atoms with Gasteiger partial charge in [-0.3, -0.25) is 0 Å². The Morgan fingerprint density at radius 2 is 2.00 bits per heavy atom. The molecule has 0 aliphatic carbocycles. The fraction of sp³-hybridized carbons (Fsp3) is 0.273. The zero-order chi connectivity index (χ0) is 9.26. The second-order valence-corrected chi connectivity index (χ2v) is 3.39. The van der Waals surface area contributed by atoms with Gasteiger partial charge in [0.05, 0.1) is 12.2 Å². The molecule has 1 aromatic rings. The Morgan fingerprint density at radius 3 is 2.77 bits per heavy atom. The Balaban J connectivity index is 2.43. The van der Waals surface area contributed by atoms with E-state index in [1.165, 1.54) is 11.3 Å². The van der Waals surface area contributed by atoms with Gasteiger partial charge in [0.1, 0.15) is 0 Å². The molecule has 2 nitrogen and oxygen atoms in total. The summed E-state index contributed by atoms with van der Waals surface area (Å²) in [5.41, 5.74) is 2.58. The summed E-state index contributed by atoms with van der Waals surface area (Å²) in [6, 6.07) is 8.44. The molecular weight excluding hydrogens is 160 g/mol. The first-order valence-electron chi connectivity index (χ1n) is 4.49. The first-order chi connectivity index (χ1) is 6.29. The lowest BCUT2D eigenvalue weighted by Gasteiger charge is -2.33. The van der Waals surface area contributed by atoms with Crippen molar-refractivity contribution in [3.8, 4) is 0 Å². The highest BCUT2D eigenvalue weighted by molar-refractivity contribution is 5.70. The third kappa shape index (κ3) is 1.45. The van der Waals surface area contributed by atoms with Crippen molar-refractivity contribution in [1.82, 2.24) is 5.01 Å². The molecule has 0 bridgehead atoms. The molecule has 1 heterocycles. The van der Waals surface area contributed by atoms with Gasteiger partial charge >= 0.3 is 0 Å². The van der Waals surface area contributed by atoms with Crippen LogP contribution in [0.5, 0.6) is 0 Å². The number of hydrogen-bond donors (Lipinski definition) is 0. The molecule has 0 radical (unpaired) electrons. The number of hydrogen-bond acceptors (Lipinski definition) is 2. The molecule has 0 amide bonds. The molecule has 68 valence electrons. The van der Waals surface area contributed by atoms with Gasteiger partial charge in [0, 0.05) is 14.1 Å². The maximum atomic E-state index is 2.25. The average Bonchev–Trinajstić information content (AvgIpc) is 2.17. The van der Waals surface area contributed by atoms with Crippen LogP contribution in [0.1, 0.15) is 5.56 Å². The van der Waals surface area contributed by atoms with Gasteiger partial charge in [-0.25, -0.2) is 5.01 Å². The highest BCUT2D eigenvalue weighted by atomic mass is 15.6. The minimum atomic E-state index is 0.962. The number of anilines is 1. The number of fused-ring (bicyclic) bond motifs is 1. The van der Waals surface area contributed by atoms with Gasteiger partial charge in [0.15, 0.2) is 0 Å². The molecule has 0 saturated heterocycles. The zero-order valence-electron chi connectivity index (χ0n) is 8.07. The predicted octanol–water partition coefficient (Wildman–Crippen LogP) is 2.00. The Labute approximate surface area is 79.1 Å². The van der Waals surface area contributed by atoms with Crippen molar-refractivity contribution in [3.63, 3.8) is 0 Å². The van der Waals surface area contributed by atoms with Gasteiger partial charge in [-0.2, -0.15) is 0 Å². The van der Waals surface area contributed by atoms with Gasteiger partial charge in [0.25, 0.3) is 0 Å². The third-order valence-electron chi connectivity index (χ3n) is 2.27. The Kier molecular flexibility index (Phi) is 2.07. The van der Waals surface area contributed by atoms with Gasteiger partial charge in [-0.1, -0.05) is 30.4 Å². The van der Waals surface area contributed by atoms with E-state index in [4.69, 9.17) is 0 Å². The number of benzene rings is 1. The SMILES string of the molecule is CN(C)N1CC=Cc2ccccc21. The molecule has 0 spiro atoms. The van der Waals surface area contributed by atoms with Crippen LogP contribution in [0, 0.1) is 0 Å². The molecule has 0 fully saturated rings. The molecule has 2 heteroatoms. The standard InChI is InChI=1S/C11H14N2/c1-12(2)13-9-5-7-10-6-3-4-8-11(10)13/h3-8H,9H2,1-2H3. The maximum absolute atomic E-state index is 2.25. The molecule has 0 aromatic heterocycles. The maximum Gasteiger partial charge on any atom is 0.0597 e. The monoisotopic (exact) mass is 174 g/mol. The van der Waals surface area contributed by atoms with Gasteiger partial charge in [-0.05, 0) is 11.6 Å². The van der Waals surface area contributed by atoms with E-state index in [1.807, 2.05) is 0 Å². The third-order valence-corrected chi connectivity index (χ3v) is 2.27. The lowest BCUT2D eigenvalue weighted by Crippen LogP contribution is -2.38. The van der Waals surface area contributed by atoms with Crippen LogP contribution in [0.4, 0.5) is 5.69 Å². The Bertz CT molecular complexity index is 329. The topological polar surface area (TPSA) is 6.48 Å². The average molecular weight is 174 g/mol. The van der Waals surface area contributed by atoms with Gasteiger partial charge in [-0.15, -0.1) is 0 Å². The summed E-state index contributed by atoms with van der Waals surface area (Å²) >= 11 is 0. The molecule has 0 unspecified atom stereocenters. The summed E-state index contributed by atoms with van der Waals surface area (Å²) in [6.45, 7) is 0.962. The van der Waals surface area contributed by atoms with Crippen LogP contribution in [-0.2, 0) is 0 Å². The second-order valence-electron chi connectivity index (χ2n) is 3.39.